The molecule has 4 heterocycles. The number of nitrogens with one attached hydrogen (secondary N) is 2. The van der Waals surface area contributed by atoms with Gasteiger partial charge in [0, 0.05) is 65.7 Å². The molecule has 0 spiro atoms. The highest BCUT2D eigenvalue weighted by atomic mass is 35.5. The van der Waals surface area contributed by atoms with Gasteiger partial charge in [-0.15, -0.1) is 11.3 Å². The smallest absolute Gasteiger partial charge is 0.326 e. The van der Waals surface area contributed by atoms with Crippen LogP contribution in [0.15, 0.2) is 52.7 Å². The summed E-state index contributed by atoms with van der Waals surface area (Å²) in [5.74, 6) is -0.0718. The Hall–Kier alpha value is -2.78. The number of halogens is 4. The maximum atomic E-state index is 13.9. The first-order chi connectivity index (χ1) is 17.2. The molecule has 2 aliphatic rings. The highest BCUT2D eigenvalue weighted by Gasteiger charge is 2.41. The van der Waals surface area contributed by atoms with Crippen LogP contribution in [-0.4, -0.2) is 53.6 Å². The topological polar surface area (TPSA) is 105 Å². The minimum atomic E-state index is -3.77. The van der Waals surface area contributed by atoms with Crippen LogP contribution in [0.1, 0.15) is 35.3 Å². The average Bonchev–Trinajstić information content (AvgIpc) is 3.58. The van der Waals surface area contributed by atoms with E-state index in [-0.39, 0.29) is 23.7 Å². The monoisotopic (exact) mass is 557 g/mol. The second-order valence-corrected chi connectivity index (χ2v) is 11.0. The third-order valence-electron chi connectivity index (χ3n) is 5.82. The molecule has 2 atom stereocenters. The Kier molecular flexibility index (Phi) is 6.63. The minimum absolute atomic E-state index is 0.104. The Morgan fingerprint density at radius 1 is 1.28 bits per heavy atom. The Morgan fingerprint density at radius 3 is 2.72 bits per heavy atom. The van der Waals surface area contributed by atoms with Gasteiger partial charge >= 0.3 is 6.55 Å². The summed E-state index contributed by atoms with van der Waals surface area (Å²) in [5, 5.41) is 6.51. The fraction of sp³-hybridized carbons (Fsp3) is 0.286. The van der Waals surface area contributed by atoms with Gasteiger partial charge in [-0.05, 0) is 18.2 Å². The second kappa shape index (κ2) is 9.59. The predicted molar refractivity (Wildman–Crippen MR) is 129 cm³/mol. The van der Waals surface area contributed by atoms with Crippen molar-refractivity contribution >= 4 is 44.6 Å². The summed E-state index contributed by atoms with van der Waals surface area (Å²) in [5.41, 5.74) is 1.76. The van der Waals surface area contributed by atoms with Crippen molar-refractivity contribution in [3.63, 3.8) is 0 Å². The summed E-state index contributed by atoms with van der Waals surface area (Å²) >= 11 is 7.75. The number of fused-ring (bicyclic) bond motifs is 1. The zero-order valence-corrected chi connectivity index (χ0v) is 21.0. The summed E-state index contributed by atoms with van der Waals surface area (Å²) < 4.78 is 70.4. The van der Waals surface area contributed by atoms with E-state index < -0.39 is 34.7 Å². The molecule has 0 radical (unpaired) electrons. The largest absolute Gasteiger partial charge is 0.333 e. The van der Waals surface area contributed by atoms with Crippen LogP contribution < -0.4 is 9.44 Å². The van der Waals surface area contributed by atoms with E-state index in [2.05, 4.69) is 19.5 Å². The lowest BCUT2D eigenvalue weighted by molar-refractivity contribution is 0.0564. The number of hydrogen-bond acceptors (Lipinski definition) is 7. The van der Waals surface area contributed by atoms with Crippen LogP contribution in [0.2, 0.25) is 5.02 Å². The first kappa shape index (κ1) is 24.9. The number of nitrogens with zero attached hydrogens (tertiary/aromatic N) is 5. The molecule has 0 aliphatic carbocycles. The predicted octanol–water partition coefficient (Wildman–Crippen LogP) is 3.57. The lowest BCUT2D eigenvalue weighted by Gasteiger charge is -2.32. The standard InChI is InChI=1S/C21H19ClF3N7O2S2/c1-26-36(33,34)30-12-9-16-17(15-4-6-32(29-15)21(24)25)18(13-3-2-11(23)8-14(13)22)28-19(31(16)10-12)20-27-5-7-35-20/h2-8,12,18,21,26,30H,9-10H2,1H3/t12-,18-/m0/s1. The van der Waals surface area contributed by atoms with E-state index in [0.717, 1.165) is 12.3 Å². The van der Waals surface area contributed by atoms with Crippen molar-refractivity contribution in [2.75, 3.05) is 13.6 Å². The molecule has 190 valence electrons. The third-order valence-corrected chi connectivity index (χ3v) is 8.09. The Morgan fingerprint density at radius 2 is 2.08 bits per heavy atom. The normalized spacial score (nSPS) is 20.3. The van der Waals surface area contributed by atoms with E-state index in [4.69, 9.17) is 16.6 Å². The van der Waals surface area contributed by atoms with Crippen molar-refractivity contribution in [3.05, 3.63) is 74.8 Å². The van der Waals surface area contributed by atoms with Crippen LogP contribution in [0, 0.1) is 5.82 Å². The molecule has 0 unspecified atom stereocenters. The Balaban J connectivity index is 1.71. The second-order valence-electron chi connectivity index (χ2n) is 8.01. The molecule has 2 aliphatic heterocycles. The number of alkyl halides is 2. The van der Waals surface area contributed by atoms with E-state index in [1.165, 1.54) is 36.6 Å². The molecule has 0 amide bonds. The molecule has 5 rings (SSSR count). The van der Waals surface area contributed by atoms with Crippen molar-refractivity contribution in [2.24, 2.45) is 4.99 Å². The fourth-order valence-corrected chi connectivity index (χ4v) is 5.94. The third kappa shape index (κ3) is 4.66. The number of aromatic nitrogens is 3. The van der Waals surface area contributed by atoms with E-state index in [1.807, 2.05) is 4.90 Å². The van der Waals surface area contributed by atoms with Gasteiger partial charge in [0.25, 0.3) is 10.2 Å². The first-order valence-electron chi connectivity index (χ1n) is 10.6. The molecule has 0 bridgehead atoms. The maximum absolute atomic E-state index is 13.9. The van der Waals surface area contributed by atoms with E-state index in [1.54, 1.807) is 11.6 Å². The number of aliphatic imine (C=N–C) groups is 1. The number of hydrogen-bond donors (Lipinski definition) is 2. The number of amidine groups is 1. The molecule has 1 saturated heterocycles. The highest BCUT2D eigenvalue weighted by Crippen LogP contribution is 2.46. The van der Waals surface area contributed by atoms with Gasteiger partial charge in [-0.2, -0.15) is 27.0 Å². The molecule has 1 aromatic carbocycles. The van der Waals surface area contributed by atoms with Crippen molar-refractivity contribution < 1.29 is 21.6 Å². The lowest BCUT2D eigenvalue weighted by Crippen LogP contribution is -2.43. The van der Waals surface area contributed by atoms with Crippen LogP contribution >= 0.6 is 22.9 Å². The Labute approximate surface area is 213 Å². The number of thiazole rings is 1. The lowest BCUT2D eigenvalue weighted by atomic mass is 9.92. The molecule has 15 heteroatoms. The van der Waals surface area contributed by atoms with E-state index in [9.17, 15) is 21.6 Å². The summed E-state index contributed by atoms with van der Waals surface area (Å²) in [6.07, 6.45) is 2.98. The molecule has 2 N–H and O–H groups in total. The highest BCUT2D eigenvalue weighted by molar-refractivity contribution is 7.87. The summed E-state index contributed by atoms with van der Waals surface area (Å²) in [6, 6.07) is 3.93. The first-order valence-corrected chi connectivity index (χ1v) is 13.4. The molecule has 36 heavy (non-hydrogen) atoms. The van der Waals surface area contributed by atoms with Gasteiger partial charge in [-0.25, -0.2) is 18.8 Å². The Bertz CT molecular complexity index is 1460. The van der Waals surface area contributed by atoms with E-state index in [0.29, 0.717) is 32.4 Å². The van der Waals surface area contributed by atoms with Gasteiger partial charge in [-0.3, -0.25) is 4.99 Å². The summed E-state index contributed by atoms with van der Waals surface area (Å²) in [7, 11) is -2.47. The van der Waals surface area contributed by atoms with Crippen LogP contribution in [-0.2, 0) is 10.2 Å². The number of benzene rings is 1. The SMILES string of the molecule is CNS(=O)(=O)N[C@H]1CC2=C(c3ccn(C(F)F)n3)[C@H](c3ccc(F)cc3Cl)N=C(c3nccs3)N2C1. The van der Waals surface area contributed by atoms with E-state index >= 15 is 0 Å². The number of rotatable bonds is 7. The van der Waals surface area contributed by atoms with Crippen LogP contribution in [0.25, 0.3) is 5.57 Å². The van der Waals surface area contributed by atoms with Crippen LogP contribution in [0.5, 0.6) is 0 Å². The van der Waals surface area contributed by atoms with Crippen LogP contribution in [0.3, 0.4) is 0 Å². The molecular weight excluding hydrogens is 539 g/mol. The fourth-order valence-electron chi connectivity index (χ4n) is 4.31. The summed E-state index contributed by atoms with van der Waals surface area (Å²) in [6.45, 7) is -2.64. The van der Waals surface area contributed by atoms with Crippen molar-refractivity contribution in [1.82, 2.24) is 29.1 Å². The molecule has 1 fully saturated rings. The zero-order valence-electron chi connectivity index (χ0n) is 18.6. The molecule has 3 aromatic rings. The van der Waals surface area contributed by atoms with Gasteiger partial charge in [0.05, 0.1) is 5.69 Å². The van der Waals surface area contributed by atoms with Gasteiger partial charge < -0.3 is 4.90 Å². The molecular formula is C21H19ClF3N7O2S2. The quantitative estimate of drug-likeness (QED) is 0.462. The van der Waals surface area contributed by atoms with Crippen molar-refractivity contribution in [1.29, 1.82) is 0 Å². The maximum Gasteiger partial charge on any atom is 0.333 e. The van der Waals surface area contributed by atoms with Gasteiger partial charge in [0.2, 0.25) is 0 Å². The average molecular weight is 558 g/mol. The zero-order chi connectivity index (χ0) is 25.6. The summed E-state index contributed by atoms with van der Waals surface area (Å²) in [4.78, 5) is 11.1. The van der Waals surface area contributed by atoms with Gasteiger partial charge in [0.1, 0.15) is 11.9 Å². The van der Waals surface area contributed by atoms with Crippen molar-refractivity contribution in [2.45, 2.75) is 25.1 Å². The van der Waals surface area contributed by atoms with Gasteiger partial charge in [-0.1, -0.05) is 17.7 Å². The van der Waals surface area contributed by atoms with Crippen LogP contribution in [0.4, 0.5) is 13.2 Å². The molecule has 9 nitrogen and oxygen atoms in total. The van der Waals surface area contributed by atoms with Crippen molar-refractivity contribution in [3.8, 4) is 0 Å². The molecule has 0 saturated carbocycles. The minimum Gasteiger partial charge on any atom is -0.326 e. The van der Waals surface area contributed by atoms with Gasteiger partial charge in [0.15, 0.2) is 10.8 Å². The molecule has 2 aromatic heterocycles.